The summed E-state index contributed by atoms with van der Waals surface area (Å²) in [4.78, 5) is 2.58. The second-order valence-electron chi connectivity index (χ2n) is 6.79. The van der Waals surface area contributed by atoms with Crippen LogP contribution in [0.5, 0.6) is 0 Å². The number of nitrogens with zero attached hydrogens (tertiary/aromatic N) is 1. The molecule has 0 aromatic heterocycles. The topological polar surface area (TPSA) is 36.5 Å². The molecule has 1 saturated carbocycles. The summed E-state index contributed by atoms with van der Waals surface area (Å²) in [7, 11) is 0. The Morgan fingerprint density at radius 3 is 3.00 bits per heavy atom. The summed E-state index contributed by atoms with van der Waals surface area (Å²) >= 11 is 0. The Balaban J connectivity index is 1.44. The van der Waals surface area contributed by atoms with E-state index in [0.717, 1.165) is 31.6 Å². The van der Waals surface area contributed by atoms with Crippen LogP contribution >= 0.6 is 0 Å². The van der Waals surface area contributed by atoms with E-state index in [4.69, 9.17) is 4.74 Å². The first-order valence-electron chi connectivity index (χ1n) is 8.63. The van der Waals surface area contributed by atoms with E-state index in [0.29, 0.717) is 12.1 Å². The average molecular weight is 281 g/mol. The second kappa shape index (κ2) is 7.21. The van der Waals surface area contributed by atoms with Gasteiger partial charge in [0, 0.05) is 25.2 Å². The Morgan fingerprint density at radius 2 is 2.25 bits per heavy atom. The zero-order valence-corrected chi connectivity index (χ0v) is 12.9. The van der Waals surface area contributed by atoms with Gasteiger partial charge in [-0.15, -0.1) is 0 Å². The molecule has 20 heavy (non-hydrogen) atoms. The lowest BCUT2D eigenvalue weighted by Crippen LogP contribution is -2.51. The maximum absolute atomic E-state index is 5.65. The van der Waals surface area contributed by atoms with Crippen molar-refractivity contribution in [3.63, 3.8) is 0 Å². The molecule has 3 rings (SSSR count). The van der Waals surface area contributed by atoms with Crippen molar-refractivity contribution >= 4 is 0 Å². The van der Waals surface area contributed by atoms with Crippen LogP contribution in [0.2, 0.25) is 0 Å². The molecule has 2 aliphatic heterocycles. The molecule has 3 aliphatic rings. The number of morpholine rings is 1. The molecule has 4 nitrogen and oxygen atoms in total. The number of hydrogen-bond acceptors (Lipinski definition) is 4. The highest BCUT2D eigenvalue weighted by Crippen LogP contribution is 2.30. The van der Waals surface area contributed by atoms with Crippen molar-refractivity contribution in [1.82, 2.24) is 15.5 Å². The van der Waals surface area contributed by atoms with Gasteiger partial charge in [0.25, 0.3) is 0 Å². The van der Waals surface area contributed by atoms with Crippen molar-refractivity contribution in [3.05, 3.63) is 0 Å². The van der Waals surface area contributed by atoms with E-state index in [-0.39, 0.29) is 0 Å². The average Bonchev–Trinajstić information content (AvgIpc) is 3.15. The van der Waals surface area contributed by atoms with E-state index < -0.39 is 0 Å². The molecule has 0 aromatic carbocycles. The first-order chi connectivity index (χ1) is 9.86. The predicted molar refractivity (Wildman–Crippen MR) is 82.0 cm³/mol. The fourth-order valence-corrected chi connectivity index (χ4v) is 4.27. The fraction of sp³-hybridized carbons (Fsp3) is 1.00. The van der Waals surface area contributed by atoms with Gasteiger partial charge in [-0.2, -0.15) is 0 Å². The van der Waals surface area contributed by atoms with E-state index >= 15 is 0 Å². The Morgan fingerprint density at radius 1 is 1.30 bits per heavy atom. The molecule has 4 heteroatoms. The highest BCUT2D eigenvalue weighted by molar-refractivity contribution is 4.92. The molecule has 3 fully saturated rings. The molecular formula is C16H31N3O. The number of likely N-dealkylation sites (tertiary alicyclic amines) is 1. The molecule has 116 valence electrons. The third-order valence-electron chi connectivity index (χ3n) is 5.52. The molecule has 0 amide bonds. The number of nitrogens with one attached hydrogen (secondary N) is 2. The Labute approximate surface area is 123 Å². The minimum Gasteiger partial charge on any atom is -0.379 e. The highest BCUT2D eigenvalue weighted by atomic mass is 16.5. The summed E-state index contributed by atoms with van der Waals surface area (Å²) in [6.07, 6.45) is 5.48. The lowest BCUT2D eigenvalue weighted by atomic mass is 9.93. The minimum atomic E-state index is 0.583. The van der Waals surface area contributed by atoms with Crippen LogP contribution < -0.4 is 10.6 Å². The van der Waals surface area contributed by atoms with Gasteiger partial charge in [-0.1, -0.05) is 13.3 Å². The fourth-order valence-electron chi connectivity index (χ4n) is 4.27. The normalized spacial score (nSPS) is 39.5. The van der Waals surface area contributed by atoms with Crippen LogP contribution in [0.3, 0.4) is 0 Å². The zero-order valence-electron chi connectivity index (χ0n) is 12.9. The molecule has 2 saturated heterocycles. The van der Waals surface area contributed by atoms with Crippen LogP contribution in [0, 0.1) is 11.8 Å². The SMILES string of the molecule is CCN1CCC(CNC2CCCC2C2COCCN2)C1. The first-order valence-corrected chi connectivity index (χ1v) is 8.63. The maximum Gasteiger partial charge on any atom is 0.0623 e. The summed E-state index contributed by atoms with van der Waals surface area (Å²) in [5.41, 5.74) is 0. The highest BCUT2D eigenvalue weighted by Gasteiger charge is 2.35. The molecule has 4 unspecified atom stereocenters. The molecule has 1 aliphatic carbocycles. The summed E-state index contributed by atoms with van der Waals surface area (Å²) in [6, 6.07) is 1.30. The van der Waals surface area contributed by atoms with E-state index in [9.17, 15) is 0 Å². The predicted octanol–water partition coefficient (Wildman–Crippen LogP) is 1.07. The number of ether oxygens (including phenoxy) is 1. The van der Waals surface area contributed by atoms with Gasteiger partial charge in [0.15, 0.2) is 0 Å². The third-order valence-corrected chi connectivity index (χ3v) is 5.52. The van der Waals surface area contributed by atoms with Crippen molar-refractivity contribution in [3.8, 4) is 0 Å². The van der Waals surface area contributed by atoms with Gasteiger partial charge in [0.1, 0.15) is 0 Å². The lowest BCUT2D eigenvalue weighted by Gasteiger charge is -2.33. The van der Waals surface area contributed by atoms with Crippen molar-refractivity contribution in [2.45, 2.75) is 44.7 Å². The monoisotopic (exact) mass is 281 g/mol. The molecule has 4 atom stereocenters. The van der Waals surface area contributed by atoms with Crippen LogP contribution in [0.4, 0.5) is 0 Å². The molecule has 0 spiro atoms. The van der Waals surface area contributed by atoms with Crippen molar-refractivity contribution in [1.29, 1.82) is 0 Å². The summed E-state index contributed by atoms with van der Waals surface area (Å²) in [6.45, 7) is 10.1. The van der Waals surface area contributed by atoms with Crippen LogP contribution in [0.25, 0.3) is 0 Å². The number of rotatable bonds is 5. The van der Waals surface area contributed by atoms with Crippen LogP contribution in [-0.4, -0.2) is 62.9 Å². The van der Waals surface area contributed by atoms with Crippen LogP contribution in [0.15, 0.2) is 0 Å². The molecule has 0 aromatic rings. The van der Waals surface area contributed by atoms with Gasteiger partial charge in [0.2, 0.25) is 0 Å². The van der Waals surface area contributed by atoms with E-state index in [2.05, 4.69) is 22.5 Å². The van der Waals surface area contributed by atoms with Gasteiger partial charge < -0.3 is 20.3 Å². The molecule has 2 heterocycles. The summed E-state index contributed by atoms with van der Waals surface area (Å²) in [5.74, 6) is 1.64. The molecule has 2 N–H and O–H groups in total. The summed E-state index contributed by atoms with van der Waals surface area (Å²) < 4.78 is 5.65. The van der Waals surface area contributed by atoms with E-state index in [1.807, 2.05) is 0 Å². The van der Waals surface area contributed by atoms with Crippen LogP contribution in [-0.2, 0) is 4.74 Å². The van der Waals surface area contributed by atoms with Gasteiger partial charge >= 0.3 is 0 Å². The summed E-state index contributed by atoms with van der Waals surface area (Å²) in [5, 5.41) is 7.56. The largest absolute Gasteiger partial charge is 0.379 e. The third kappa shape index (κ3) is 3.53. The Bertz CT molecular complexity index is 293. The van der Waals surface area contributed by atoms with E-state index in [1.54, 1.807) is 0 Å². The van der Waals surface area contributed by atoms with E-state index in [1.165, 1.54) is 51.9 Å². The quantitative estimate of drug-likeness (QED) is 0.790. The first kappa shape index (κ1) is 14.8. The van der Waals surface area contributed by atoms with Gasteiger partial charge in [-0.05, 0) is 50.7 Å². The Hall–Kier alpha value is -0.160. The molecular weight excluding hydrogens is 250 g/mol. The number of hydrogen-bond donors (Lipinski definition) is 2. The Kier molecular flexibility index (Phi) is 5.32. The van der Waals surface area contributed by atoms with Crippen molar-refractivity contribution < 1.29 is 4.74 Å². The minimum absolute atomic E-state index is 0.583. The van der Waals surface area contributed by atoms with Gasteiger partial charge in [-0.3, -0.25) is 0 Å². The maximum atomic E-state index is 5.65. The van der Waals surface area contributed by atoms with Gasteiger partial charge in [-0.25, -0.2) is 0 Å². The standard InChI is InChI=1S/C16H31N3O/c1-2-19-8-6-13(11-19)10-18-15-5-3-4-14(15)16-12-20-9-7-17-16/h13-18H,2-12H2,1H3. The van der Waals surface area contributed by atoms with Gasteiger partial charge in [0.05, 0.1) is 13.2 Å². The van der Waals surface area contributed by atoms with Crippen LogP contribution in [0.1, 0.15) is 32.6 Å². The molecule has 0 bridgehead atoms. The second-order valence-corrected chi connectivity index (χ2v) is 6.79. The van der Waals surface area contributed by atoms with Crippen molar-refractivity contribution in [2.24, 2.45) is 11.8 Å². The molecule has 0 radical (unpaired) electrons. The zero-order chi connectivity index (χ0) is 13.8. The lowest BCUT2D eigenvalue weighted by molar-refractivity contribution is 0.0523. The smallest absolute Gasteiger partial charge is 0.0623 e. The van der Waals surface area contributed by atoms with Crippen molar-refractivity contribution in [2.75, 3.05) is 45.9 Å².